The van der Waals surface area contributed by atoms with Crippen molar-refractivity contribution in [1.29, 1.82) is 0 Å². The first-order chi connectivity index (χ1) is 8.33. The smallest absolute Gasteiger partial charge is 0.118 e. The van der Waals surface area contributed by atoms with Crippen molar-refractivity contribution in [3.63, 3.8) is 0 Å². The van der Waals surface area contributed by atoms with E-state index in [9.17, 15) is 0 Å². The summed E-state index contributed by atoms with van der Waals surface area (Å²) in [5.74, 6) is 0.876. The van der Waals surface area contributed by atoms with Crippen LogP contribution in [0.2, 0.25) is 0 Å². The minimum Gasteiger partial charge on any atom is -0.497 e. The van der Waals surface area contributed by atoms with Crippen LogP contribution in [0.3, 0.4) is 0 Å². The van der Waals surface area contributed by atoms with E-state index in [1.54, 1.807) is 7.11 Å². The Hall–Kier alpha value is -1.81. The van der Waals surface area contributed by atoms with Gasteiger partial charge in [0.2, 0.25) is 0 Å². The van der Waals surface area contributed by atoms with Crippen molar-refractivity contribution in [1.82, 2.24) is 9.55 Å². The Morgan fingerprint density at radius 1 is 1.29 bits per heavy atom. The number of rotatable bonds is 5. The summed E-state index contributed by atoms with van der Waals surface area (Å²) in [5, 5.41) is 0. The normalized spacial score (nSPS) is 10.5. The number of hydrogen-bond donors (Lipinski definition) is 1. The van der Waals surface area contributed by atoms with Gasteiger partial charge in [-0.1, -0.05) is 12.1 Å². The summed E-state index contributed by atoms with van der Waals surface area (Å²) in [5.41, 5.74) is 7.96. The number of methoxy groups -OCH3 is 1. The van der Waals surface area contributed by atoms with Gasteiger partial charge in [-0.3, -0.25) is 0 Å². The Bertz CT molecular complexity index is 462. The Morgan fingerprint density at radius 2 is 2.06 bits per heavy atom. The third kappa shape index (κ3) is 2.85. The van der Waals surface area contributed by atoms with E-state index in [0.717, 1.165) is 18.7 Å². The molecule has 0 saturated heterocycles. The summed E-state index contributed by atoms with van der Waals surface area (Å²) < 4.78 is 7.25. The minimum absolute atomic E-state index is 0.647. The summed E-state index contributed by atoms with van der Waals surface area (Å²) in [6.45, 7) is 1.47. The van der Waals surface area contributed by atoms with Crippen molar-refractivity contribution >= 4 is 0 Å². The highest BCUT2D eigenvalue weighted by Crippen LogP contribution is 2.13. The number of hydrogen-bond acceptors (Lipinski definition) is 3. The number of imidazole rings is 1. The number of nitrogens with zero attached hydrogens (tertiary/aromatic N) is 2. The minimum atomic E-state index is 0.647. The average molecular weight is 231 g/mol. The van der Waals surface area contributed by atoms with Gasteiger partial charge in [-0.25, -0.2) is 4.98 Å². The highest BCUT2D eigenvalue weighted by molar-refractivity contribution is 5.27. The van der Waals surface area contributed by atoms with Gasteiger partial charge in [0.15, 0.2) is 0 Å². The number of nitrogens with two attached hydrogens (primary N) is 1. The molecule has 0 spiro atoms. The van der Waals surface area contributed by atoms with Crippen molar-refractivity contribution < 1.29 is 4.74 Å². The van der Waals surface area contributed by atoms with Gasteiger partial charge in [0.05, 0.1) is 13.4 Å². The van der Waals surface area contributed by atoms with Crippen LogP contribution in [0.5, 0.6) is 5.75 Å². The molecule has 17 heavy (non-hydrogen) atoms. The fourth-order valence-electron chi connectivity index (χ4n) is 1.77. The van der Waals surface area contributed by atoms with Gasteiger partial charge in [0.25, 0.3) is 0 Å². The highest BCUT2D eigenvalue weighted by Gasteiger charge is 2.02. The third-order valence-corrected chi connectivity index (χ3v) is 2.71. The molecule has 1 aromatic heterocycles. The van der Waals surface area contributed by atoms with Crippen LogP contribution in [0.4, 0.5) is 0 Å². The van der Waals surface area contributed by atoms with Crippen molar-refractivity contribution in [2.75, 3.05) is 13.7 Å². The molecule has 0 aliphatic rings. The first-order valence-corrected chi connectivity index (χ1v) is 5.65. The topological polar surface area (TPSA) is 53.1 Å². The zero-order chi connectivity index (χ0) is 12.1. The Morgan fingerprint density at radius 3 is 2.71 bits per heavy atom. The molecule has 90 valence electrons. The predicted octanol–water partition coefficient (Wildman–Crippen LogP) is 1.44. The monoisotopic (exact) mass is 231 g/mol. The van der Waals surface area contributed by atoms with Gasteiger partial charge in [0, 0.05) is 24.9 Å². The quantitative estimate of drug-likeness (QED) is 0.847. The van der Waals surface area contributed by atoms with Crippen LogP contribution in [0.15, 0.2) is 36.8 Å². The van der Waals surface area contributed by atoms with Gasteiger partial charge in [-0.05, 0) is 24.2 Å². The predicted molar refractivity (Wildman–Crippen MR) is 67.1 cm³/mol. The van der Waals surface area contributed by atoms with Gasteiger partial charge < -0.3 is 15.0 Å². The molecule has 4 nitrogen and oxygen atoms in total. The van der Waals surface area contributed by atoms with Gasteiger partial charge in [-0.2, -0.15) is 0 Å². The summed E-state index contributed by atoms with van der Waals surface area (Å²) in [7, 11) is 1.67. The van der Waals surface area contributed by atoms with E-state index in [2.05, 4.69) is 21.7 Å². The Kier molecular flexibility index (Phi) is 3.77. The van der Waals surface area contributed by atoms with E-state index in [1.165, 1.54) is 11.3 Å². The molecular formula is C13H17N3O. The molecule has 0 radical (unpaired) electrons. The molecule has 0 aliphatic heterocycles. The van der Waals surface area contributed by atoms with E-state index in [0.29, 0.717) is 6.54 Å². The van der Waals surface area contributed by atoms with Crippen molar-refractivity contribution in [2.45, 2.75) is 13.0 Å². The molecule has 2 N–H and O–H groups in total. The van der Waals surface area contributed by atoms with Crippen molar-refractivity contribution in [2.24, 2.45) is 5.73 Å². The molecule has 0 unspecified atom stereocenters. The molecule has 0 aliphatic carbocycles. The standard InChI is InChI=1S/C13H17N3O/c1-17-13-4-2-11(3-5-13)9-16-10-15-8-12(16)6-7-14/h2-5,8,10H,6-7,9,14H2,1H3. The Balaban J connectivity index is 2.10. The molecule has 2 rings (SSSR count). The van der Waals surface area contributed by atoms with Crippen LogP contribution in [-0.2, 0) is 13.0 Å². The lowest BCUT2D eigenvalue weighted by atomic mass is 10.2. The van der Waals surface area contributed by atoms with Crippen LogP contribution in [0.25, 0.3) is 0 Å². The molecule has 0 saturated carbocycles. The second kappa shape index (κ2) is 5.50. The van der Waals surface area contributed by atoms with E-state index in [1.807, 2.05) is 24.7 Å². The van der Waals surface area contributed by atoms with Gasteiger partial charge in [-0.15, -0.1) is 0 Å². The van der Waals surface area contributed by atoms with Crippen molar-refractivity contribution in [3.8, 4) is 5.75 Å². The lowest BCUT2D eigenvalue weighted by Gasteiger charge is -2.08. The average Bonchev–Trinajstić information content (AvgIpc) is 2.78. The lowest BCUT2D eigenvalue weighted by molar-refractivity contribution is 0.414. The SMILES string of the molecule is COc1ccc(Cn2cncc2CCN)cc1. The highest BCUT2D eigenvalue weighted by atomic mass is 16.5. The molecule has 1 heterocycles. The Labute approximate surface area is 101 Å². The lowest BCUT2D eigenvalue weighted by Crippen LogP contribution is -2.09. The molecule has 4 heteroatoms. The first kappa shape index (κ1) is 11.7. The van der Waals surface area contributed by atoms with Crippen LogP contribution in [-0.4, -0.2) is 23.2 Å². The molecule has 0 atom stereocenters. The number of aromatic nitrogens is 2. The van der Waals surface area contributed by atoms with Crippen molar-refractivity contribution in [3.05, 3.63) is 48.0 Å². The first-order valence-electron chi connectivity index (χ1n) is 5.65. The molecule has 2 aromatic rings. The molecular weight excluding hydrogens is 214 g/mol. The summed E-state index contributed by atoms with van der Waals surface area (Å²) in [6.07, 6.45) is 4.57. The summed E-state index contributed by atoms with van der Waals surface area (Å²) in [4.78, 5) is 4.15. The number of benzene rings is 1. The maximum absolute atomic E-state index is 5.56. The van der Waals surface area contributed by atoms with Gasteiger partial charge in [0.1, 0.15) is 5.75 Å². The number of ether oxygens (including phenoxy) is 1. The van der Waals surface area contributed by atoms with Crippen LogP contribution in [0, 0.1) is 0 Å². The maximum Gasteiger partial charge on any atom is 0.118 e. The molecule has 0 bridgehead atoms. The van der Waals surface area contributed by atoms with Crippen LogP contribution >= 0.6 is 0 Å². The third-order valence-electron chi connectivity index (χ3n) is 2.71. The van der Waals surface area contributed by atoms with E-state index < -0.39 is 0 Å². The van der Waals surface area contributed by atoms with E-state index in [4.69, 9.17) is 10.5 Å². The van der Waals surface area contributed by atoms with Crippen LogP contribution < -0.4 is 10.5 Å². The second-order valence-electron chi connectivity index (χ2n) is 3.90. The van der Waals surface area contributed by atoms with Crippen LogP contribution in [0.1, 0.15) is 11.3 Å². The molecule has 0 fully saturated rings. The summed E-state index contributed by atoms with van der Waals surface area (Å²) in [6, 6.07) is 8.06. The van der Waals surface area contributed by atoms with E-state index >= 15 is 0 Å². The zero-order valence-corrected chi connectivity index (χ0v) is 9.97. The molecule has 1 aromatic carbocycles. The summed E-state index contributed by atoms with van der Waals surface area (Å²) >= 11 is 0. The second-order valence-corrected chi connectivity index (χ2v) is 3.90. The maximum atomic E-state index is 5.56. The fraction of sp³-hybridized carbons (Fsp3) is 0.308. The molecule has 0 amide bonds. The largest absolute Gasteiger partial charge is 0.497 e. The van der Waals surface area contributed by atoms with Gasteiger partial charge >= 0.3 is 0 Å². The fourth-order valence-corrected chi connectivity index (χ4v) is 1.77. The zero-order valence-electron chi connectivity index (χ0n) is 9.97. The van der Waals surface area contributed by atoms with E-state index in [-0.39, 0.29) is 0 Å².